The normalized spacial score (nSPS) is 16.4. The van der Waals surface area contributed by atoms with Gasteiger partial charge >= 0.3 is 6.03 Å². The van der Waals surface area contributed by atoms with Gasteiger partial charge in [0.2, 0.25) is 0 Å². The Kier molecular flexibility index (Phi) is 5.29. The highest BCUT2D eigenvalue weighted by Gasteiger charge is 2.34. The van der Waals surface area contributed by atoms with E-state index in [1.807, 2.05) is 0 Å². The first kappa shape index (κ1) is 20.1. The van der Waals surface area contributed by atoms with Gasteiger partial charge in [-0.2, -0.15) is 5.10 Å². The van der Waals surface area contributed by atoms with E-state index in [1.54, 1.807) is 13.1 Å². The molecule has 0 spiro atoms. The molecule has 4 amide bonds. The van der Waals surface area contributed by atoms with Crippen LogP contribution in [0.4, 0.5) is 9.80 Å². The van der Waals surface area contributed by atoms with Crippen LogP contribution in [-0.2, 0) is 19.9 Å². The minimum Gasteiger partial charge on any atom is -0.351 e. The summed E-state index contributed by atoms with van der Waals surface area (Å²) in [7, 11) is 1.67. The molecule has 1 aliphatic carbocycles. The number of thiophene rings is 1. The Morgan fingerprint density at radius 2 is 2.00 bits per heavy atom. The van der Waals surface area contributed by atoms with Crippen LogP contribution in [0.2, 0.25) is 0 Å². The predicted octanol–water partition coefficient (Wildman–Crippen LogP) is 2.69. The number of amides is 4. The van der Waals surface area contributed by atoms with Gasteiger partial charge in [0.05, 0.1) is 5.56 Å². The molecule has 1 aliphatic rings. The van der Waals surface area contributed by atoms with Crippen molar-refractivity contribution < 1.29 is 14.4 Å². The molecule has 2 aromatic heterocycles. The standard InChI is InChI=1S/C19H25N5O3S/c1-19(2,3)10-5-6-11-13(9-10)28-17(14(11)16(26)23-18(20)27)22-15(25)12-7-8-21-24(12)4/h7-8,10H,5-6,9H2,1-4H3,(H,22,25)(H3,20,23,26,27)/t10-/m0/s1. The van der Waals surface area contributed by atoms with Crippen molar-refractivity contribution in [3.05, 3.63) is 34.0 Å². The summed E-state index contributed by atoms with van der Waals surface area (Å²) < 4.78 is 1.46. The summed E-state index contributed by atoms with van der Waals surface area (Å²) in [6.07, 6.45) is 4.03. The molecule has 2 aromatic rings. The number of hydrogen-bond acceptors (Lipinski definition) is 5. The van der Waals surface area contributed by atoms with E-state index in [1.165, 1.54) is 22.2 Å². The molecule has 8 nitrogen and oxygen atoms in total. The van der Waals surface area contributed by atoms with Crippen LogP contribution in [0.15, 0.2) is 12.3 Å². The Morgan fingerprint density at radius 3 is 2.57 bits per heavy atom. The number of aryl methyl sites for hydroxylation is 1. The van der Waals surface area contributed by atoms with E-state index >= 15 is 0 Å². The predicted molar refractivity (Wildman–Crippen MR) is 107 cm³/mol. The molecule has 1 atom stereocenters. The Balaban J connectivity index is 1.98. The van der Waals surface area contributed by atoms with Gasteiger partial charge in [0, 0.05) is 18.1 Å². The van der Waals surface area contributed by atoms with Gasteiger partial charge in [0.25, 0.3) is 11.8 Å². The van der Waals surface area contributed by atoms with Crippen LogP contribution in [0.1, 0.15) is 58.5 Å². The molecule has 0 unspecified atom stereocenters. The highest BCUT2D eigenvalue weighted by atomic mass is 32.1. The van der Waals surface area contributed by atoms with Gasteiger partial charge in [0.15, 0.2) is 0 Å². The van der Waals surface area contributed by atoms with Gasteiger partial charge in [-0.15, -0.1) is 11.3 Å². The number of anilines is 1. The number of nitrogens with one attached hydrogen (secondary N) is 2. The van der Waals surface area contributed by atoms with Crippen LogP contribution in [0, 0.1) is 11.3 Å². The molecule has 0 radical (unpaired) electrons. The molecule has 0 saturated heterocycles. The van der Waals surface area contributed by atoms with Crippen molar-refractivity contribution in [2.75, 3.05) is 5.32 Å². The number of nitrogens with two attached hydrogens (primary N) is 1. The van der Waals surface area contributed by atoms with Crippen LogP contribution < -0.4 is 16.4 Å². The van der Waals surface area contributed by atoms with Crippen molar-refractivity contribution in [3.8, 4) is 0 Å². The second kappa shape index (κ2) is 7.38. The number of hydrogen-bond donors (Lipinski definition) is 3. The molecule has 0 aliphatic heterocycles. The molecule has 2 heterocycles. The first-order valence-corrected chi connectivity index (χ1v) is 9.94. The summed E-state index contributed by atoms with van der Waals surface area (Å²) in [5, 5.41) is 9.39. The number of rotatable bonds is 3. The number of carbonyl (C=O) groups is 3. The SMILES string of the molecule is Cn1nccc1C(=O)Nc1sc2c(c1C(=O)NC(N)=O)CC[C@H](C(C)(C)C)C2. The Hall–Kier alpha value is -2.68. The van der Waals surface area contributed by atoms with Crippen molar-refractivity contribution >= 4 is 34.2 Å². The van der Waals surface area contributed by atoms with E-state index in [4.69, 9.17) is 5.73 Å². The zero-order valence-corrected chi connectivity index (χ0v) is 17.3. The summed E-state index contributed by atoms with van der Waals surface area (Å²) in [6.45, 7) is 6.63. The monoisotopic (exact) mass is 403 g/mol. The molecule has 0 bridgehead atoms. The fourth-order valence-corrected chi connectivity index (χ4v) is 4.91. The molecule has 4 N–H and O–H groups in total. The molecular formula is C19H25N5O3S. The van der Waals surface area contributed by atoms with E-state index in [0.717, 1.165) is 29.7 Å². The van der Waals surface area contributed by atoms with E-state index in [-0.39, 0.29) is 11.3 Å². The second-order valence-electron chi connectivity index (χ2n) is 8.13. The van der Waals surface area contributed by atoms with E-state index in [2.05, 4.69) is 36.5 Å². The highest BCUT2D eigenvalue weighted by Crippen LogP contribution is 2.44. The average Bonchev–Trinajstić information content (AvgIpc) is 3.15. The van der Waals surface area contributed by atoms with Gasteiger partial charge < -0.3 is 11.1 Å². The Labute approximate surface area is 167 Å². The third-order valence-electron chi connectivity index (χ3n) is 5.23. The highest BCUT2D eigenvalue weighted by molar-refractivity contribution is 7.17. The molecule has 0 saturated carbocycles. The lowest BCUT2D eigenvalue weighted by molar-refractivity contribution is 0.0966. The molecular weight excluding hydrogens is 378 g/mol. The summed E-state index contributed by atoms with van der Waals surface area (Å²) in [5.74, 6) is -0.468. The first-order valence-electron chi connectivity index (χ1n) is 9.12. The lowest BCUT2D eigenvalue weighted by Gasteiger charge is -2.33. The second-order valence-corrected chi connectivity index (χ2v) is 9.23. The van der Waals surface area contributed by atoms with Crippen LogP contribution in [0.3, 0.4) is 0 Å². The summed E-state index contributed by atoms with van der Waals surface area (Å²) in [4.78, 5) is 37.6. The third-order valence-corrected chi connectivity index (χ3v) is 6.40. The number of fused-ring (bicyclic) bond motifs is 1. The van der Waals surface area contributed by atoms with E-state index in [0.29, 0.717) is 22.2 Å². The molecule has 150 valence electrons. The Morgan fingerprint density at radius 1 is 1.29 bits per heavy atom. The largest absolute Gasteiger partial charge is 0.351 e. The van der Waals surface area contributed by atoms with Crippen LogP contribution in [0.25, 0.3) is 0 Å². The molecule has 28 heavy (non-hydrogen) atoms. The van der Waals surface area contributed by atoms with E-state index in [9.17, 15) is 14.4 Å². The van der Waals surface area contributed by atoms with Gasteiger partial charge in [-0.05, 0) is 42.2 Å². The lowest BCUT2D eigenvalue weighted by Crippen LogP contribution is -2.36. The molecule has 3 rings (SSSR count). The van der Waals surface area contributed by atoms with Gasteiger partial charge in [-0.25, -0.2) is 4.79 Å². The average molecular weight is 404 g/mol. The Bertz CT molecular complexity index is 938. The quantitative estimate of drug-likeness (QED) is 0.730. The number of aromatic nitrogens is 2. The van der Waals surface area contributed by atoms with Crippen LogP contribution in [0.5, 0.6) is 0 Å². The summed E-state index contributed by atoms with van der Waals surface area (Å²) in [5.41, 5.74) is 6.89. The number of carbonyl (C=O) groups excluding carboxylic acids is 3. The molecule has 9 heteroatoms. The van der Waals surface area contributed by atoms with Crippen molar-refractivity contribution in [1.82, 2.24) is 15.1 Å². The van der Waals surface area contributed by atoms with Crippen molar-refractivity contribution in [1.29, 1.82) is 0 Å². The third kappa shape index (κ3) is 3.94. The summed E-state index contributed by atoms with van der Waals surface area (Å²) >= 11 is 1.39. The number of urea groups is 1. The maximum Gasteiger partial charge on any atom is 0.319 e. The molecule has 0 fully saturated rings. The zero-order valence-electron chi connectivity index (χ0n) is 16.5. The van der Waals surface area contributed by atoms with Gasteiger partial charge in [0.1, 0.15) is 10.7 Å². The van der Waals surface area contributed by atoms with Gasteiger partial charge in [-0.1, -0.05) is 20.8 Å². The van der Waals surface area contributed by atoms with Gasteiger partial charge in [-0.3, -0.25) is 19.6 Å². The number of primary amides is 1. The lowest BCUT2D eigenvalue weighted by atomic mass is 9.72. The van der Waals surface area contributed by atoms with E-state index < -0.39 is 11.9 Å². The summed E-state index contributed by atoms with van der Waals surface area (Å²) in [6, 6.07) is 0.680. The maximum absolute atomic E-state index is 12.6. The molecule has 0 aromatic carbocycles. The van der Waals surface area contributed by atoms with Crippen molar-refractivity contribution in [2.24, 2.45) is 24.1 Å². The topological polar surface area (TPSA) is 119 Å². The maximum atomic E-state index is 12.6. The van der Waals surface area contributed by atoms with Crippen LogP contribution in [-0.4, -0.2) is 27.6 Å². The number of nitrogens with zero attached hydrogens (tertiary/aromatic N) is 2. The number of imide groups is 1. The fraction of sp³-hybridized carbons (Fsp3) is 0.474. The van der Waals surface area contributed by atoms with Crippen LogP contribution >= 0.6 is 11.3 Å². The minimum atomic E-state index is -0.919. The minimum absolute atomic E-state index is 0.148. The zero-order chi connectivity index (χ0) is 20.6. The fourth-order valence-electron chi connectivity index (χ4n) is 3.59. The first-order chi connectivity index (χ1) is 13.1. The van der Waals surface area contributed by atoms with Crippen molar-refractivity contribution in [3.63, 3.8) is 0 Å². The smallest absolute Gasteiger partial charge is 0.319 e. The van der Waals surface area contributed by atoms with Crippen molar-refractivity contribution in [2.45, 2.75) is 40.0 Å².